The minimum Gasteiger partial charge on any atom is -0.344 e. The van der Waals surface area contributed by atoms with Gasteiger partial charge in [-0.05, 0) is 68.6 Å². The molecule has 11 heteroatoms. The zero-order valence-corrected chi connectivity index (χ0v) is 22.4. The van der Waals surface area contributed by atoms with Gasteiger partial charge < -0.3 is 9.80 Å². The number of halogens is 7. The molecule has 2 aromatic carbocycles. The topological polar surface area (TPSA) is 26.8 Å². The van der Waals surface area contributed by atoms with Gasteiger partial charge in [0.1, 0.15) is 5.82 Å². The Morgan fingerprint density at radius 1 is 0.900 bits per heavy atom. The molecule has 1 atom stereocenters. The fraction of sp³-hybridized carbons (Fsp3) is 0.552. The summed E-state index contributed by atoms with van der Waals surface area (Å²) >= 11 is 0. The van der Waals surface area contributed by atoms with E-state index in [0.717, 1.165) is 25.9 Å². The highest BCUT2D eigenvalue weighted by Crippen LogP contribution is 2.37. The molecule has 1 unspecified atom stereocenters. The van der Waals surface area contributed by atoms with Crippen molar-refractivity contribution in [2.24, 2.45) is 0 Å². The lowest BCUT2D eigenvalue weighted by Gasteiger charge is -2.43. The second-order valence-corrected chi connectivity index (χ2v) is 10.8. The number of carbonyl (C=O) groups is 1. The third-order valence-corrected chi connectivity index (χ3v) is 7.99. The van der Waals surface area contributed by atoms with Gasteiger partial charge in [-0.25, -0.2) is 4.39 Å². The van der Waals surface area contributed by atoms with Crippen LogP contribution in [0.1, 0.15) is 60.4 Å². The van der Waals surface area contributed by atoms with Crippen LogP contribution in [0.15, 0.2) is 42.5 Å². The lowest BCUT2D eigenvalue weighted by atomic mass is 9.96. The molecule has 4 rings (SSSR count). The van der Waals surface area contributed by atoms with Gasteiger partial charge in [0.25, 0.3) is 0 Å². The smallest absolute Gasteiger partial charge is 0.344 e. The largest absolute Gasteiger partial charge is 0.416 e. The molecule has 0 aromatic heterocycles. The molecule has 2 heterocycles. The predicted octanol–water partition coefficient (Wildman–Crippen LogP) is 6.56. The highest BCUT2D eigenvalue weighted by Gasteiger charge is 2.37. The molecule has 0 bridgehead atoms. The molecule has 0 N–H and O–H groups in total. The Hall–Kier alpha value is -2.66. The van der Waals surface area contributed by atoms with Gasteiger partial charge in [-0.2, -0.15) is 26.3 Å². The molecule has 2 aromatic rings. The van der Waals surface area contributed by atoms with Crippen molar-refractivity contribution < 1.29 is 35.5 Å². The van der Waals surface area contributed by atoms with Crippen LogP contribution in [0.3, 0.4) is 0 Å². The van der Waals surface area contributed by atoms with E-state index >= 15 is 0 Å². The Kier molecular flexibility index (Phi) is 9.44. The minimum absolute atomic E-state index is 0.0409. The second-order valence-electron chi connectivity index (χ2n) is 10.8. The molecule has 220 valence electrons. The summed E-state index contributed by atoms with van der Waals surface area (Å²) in [5.74, 6) is -1.09. The van der Waals surface area contributed by atoms with Crippen LogP contribution in [0.2, 0.25) is 0 Å². The van der Waals surface area contributed by atoms with E-state index < -0.39 is 47.7 Å². The molecule has 4 nitrogen and oxygen atoms in total. The molecule has 0 aliphatic carbocycles. The molecule has 1 amide bonds. The summed E-state index contributed by atoms with van der Waals surface area (Å²) in [6.45, 7) is 3.56. The molecule has 0 spiro atoms. The Morgan fingerprint density at radius 2 is 1.48 bits per heavy atom. The number of hydrogen-bond acceptors (Lipinski definition) is 3. The molecular formula is C29H34F7N3O. The first kappa shape index (κ1) is 30.3. The number of carbonyl (C=O) groups excluding carboxylic acids is 1. The number of benzene rings is 2. The lowest BCUT2D eigenvalue weighted by Crippen LogP contribution is -2.49. The normalized spacial score (nSPS) is 19.0. The maximum absolute atomic E-state index is 14.9. The number of amides is 1. The maximum Gasteiger partial charge on any atom is 0.416 e. The van der Waals surface area contributed by atoms with Crippen molar-refractivity contribution in [1.29, 1.82) is 0 Å². The zero-order valence-electron chi connectivity index (χ0n) is 22.4. The molecule has 2 fully saturated rings. The van der Waals surface area contributed by atoms with Crippen LogP contribution in [0.4, 0.5) is 30.7 Å². The van der Waals surface area contributed by atoms with E-state index in [4.69, 9.17) is 0 Å². The van der Waals surface area contributed by atoms with E-state index in [-0.39, 0.29) is 18.2 Å². The van der Waals surface area contributed by atoms with Crippen molar-refractivity contribution >= 4 is 5.91 Å². The number of hydrogen-bond donors (Lipinski definition) is 0. The fourth-order valence-corrected chi connectivity index (χ4v) is 5.79. The van der Waals surface area contributed by atoms with Gasteiger partial charge in [0.15, 0.2) is 0 Å². The summed E-state index contributed by atoms with van der Waals surface area (Å²) < 4.78 is 94.6. The minimum atomic E-state index is -5.00. The highest BCUT2D eigenvalue weighted by molar-refractivity contribution is 5.78. The Morgan fingerprint density at radius 3 is 2.02 bits per heavy atom. The molecule has 2 saturated heterocycles. The highest BCUT2D eigenvalue weighted by atomic mass is 19.4. The SMILES string of the molecule is CN(CC(c1ccccc1F)N1CCC(N2CCCCC2)CC1)C(=O)Cc1cc(C(F)(F)F)cc(C(F)(F)F)c1. The Bertz CT molecular complexity index is 1120. The first-order valence-electron chi connectivity index (χ1n) is 13.6. The standard InChI is InChI=1S/C29H34F7N3O/c1-37(27(40)17-20-15-21(28(31,32)33)18-22(16-20)29(34,35)36)19-26(24-7-3-4-8-25(24)30)39-13-9-23(10-14-39)38-11-5-2-6-12-38/h3-4,7-8,15-16,18,23,26H,2,5-6,9-14,17,19H2,1H3. The lowest BCUT2D eigenvalue weighted by molar-refractivity contribution is -0.143. The van der Waals surface area contributed by atoms with Gasteiger partial charge in [-0.3, -0.25) is 9.69 Å². The molecule has 0 saturated carbocycles. The fourth-order valence-electron chi connectivity index (χ4n) is 5.79. The van der Waals surface area contributed by atoms with Crippen LogP contribution in [-0.2, 0) is 23.6 Å². The third-order valence-electron chi connectivity index (χ3n) is 7.99. The molecule has 40 heavy (non-hydrogen) atoms. The summed E-state index contributed by atoms with van der Waals surface area (Å²) in [5, 5.41) is 0. The van der Waals surface area contributed by atoms with Gasteiger partial charge in [-0.1, -0.05) is 24.6 Å². The second kappa shape index (κ2) is 12.5. The summed E-state index contributed by atoms with van der Waals surface area (Å²) in [6.07, 6.45) is -5.25. The first-order valence-corrected chi connectivity index (χ1v) is 13.6. The van der Waals surface area contributed by atoms with E-state index in [2.05, 4.69) is 9.80 Å². The van der Waals surface area contributed by atoms with Crippen LogP contribution in [0.25, 0.3) is 0 Å². The number of piperidine rings is 2. The van der Waals surface area contributed by atoms with Crippen molar-refractivity contribution in [1.82, 2.24) is 14.7 Å². The molecule has 2 aliphatic heterocycles. The van der Waals surface area contributed by atoms with Gasteiger partial charge in [0.05, 0.1) is 23.6 Å². The Balaban J connectivity index is 1.50. The van der Waals surface area contributed by atoms with Crippen molar-refractivity contribution in [3.63, 3.8) is 0 Å². The van der Waals surface area contributed by atoms with Crippen LogP contribution in [0.5, 0.6) is 0 Å². The Labute approximate surface area is 229 Å². The molecule has 0 radical (unpaired) electrons. The summed E-state index contributed by atoms with van der Waals surface area (Å²) in [7, 11) is 1.44. The molecule has 2 aliphatic rings. The number of rotatable bonds is 7. The quantitative estimate of drug-likeness (QED) is 0.352. The van der Waals surface area contributed by atoms with E-state index in [9.17, 15) is 35.5 Å². The van der Waals surface area contributed by atoms with Crippen molar-refractivity contribution in [2.45, 2.75) is 63.0 Å². The van der Waals surface area contributed by atoms with Crippen molar-refractivity contribution in [3.8, 4) is 0 Å². The van der Waals surface area contributed by atoms with Crippen molar-refractivity contribution in [2.75, 3.05) is 39.8 Å². The summed E-state index contributed by atoms with van der Waals surface area (Å²) in [6, 6.07) is 7.38. The number of likely N-dealkylation sites (tertiary alicyclic amines) is 2. The van der Waals surface area contributed by atoms with E-state index in [0.29, 0.717) is 36.8 Å². The average molecular weight is 574 g/mol. The first-order chi connectivity index (χ1) is 18.8. The van der Waals surface area contributed by atoms with Gasteiger partial charge in [0.2, 0.25) is 5.91 Å². The predicted molar refractivity (Wildman–Crippen MR) is 137 cm³/mol. The molecular weight excluding hydrogens is 539 g/mol. The van der Waals surface area contributed by atoms with Crippen LogP contribution < -0.4 is 0 Å². The van der Waals surface area contributed by atoms with Gasteiger partial charge >= 0.3 is 12.4 Å². The van der Waals surface area contributed by atoms with Crippen LogP contribution in [0, 0.1) is 5.82 Å². The van der Waals surface area contributed by atoms with Gasteiger partial charge in [0, 0.05) is 38.3 Å². The maximum atomic E-state index is 14.9. The van der Waals surface area contributed by atoms with Crippen LogP contribution in [-0.4, -0.2) is 66.4 Å². The zero-order chi connectivity index (χ0) is 29.1. The van der Waals surface area contributed by atoms with Crippen LogP contribution >= 0.6 is 0 Å². The van der Waals surface area contributed by atoms with Gasteiger partial charge in [-0.15, -0.1) is 0 Å². The monoisotopic (exact) mass is 573 g/mol. The number of nitrogens with zero attached hydrogens (tertiary/aromatic N) is 3. The summed E-state index contributed by atoms with van der Waals surface area (Å²) in [4.78, 5) is 19.0. The number of likely N-dealkylation sites (N-methyl/N-ethyl adjacent to an activating group) is 1. The van der Waals surface area contributed by atoms with E-state index in [1.807, 2.05) is 0 Å². The van der Waals surface area contributed by atoms with Crippen molar-refractivity contribution in [3.05, 3.63) is 70.5 Å². The third kappa shape index (κ3) is 7.54. The number of alkyl halides is 6. The summed E-state index contributed by atoms with van der Waals surface area (Å²) in [5.41, 5.74) is -2.91. The average Bonchev–Trinajstić information content (AvgIpc) is 2.91. The van der Waals surface area contributed by atoms with E-state index in [1.54, 1.807) is 18.2 Å². The van der Waals surface area contributed by atoms with E-state index in [1.165, 1.54) is 37.3 Å².